The summed E-state index contributed by atoms with van der Waals surface area (Å²) in [5.74, 6) is -0.159. The van der Waals surface area contributed by atoms with Gasteiger partial charge in [-0.05, 0) is 23.6 Å². The summed E-state index contributed by atoms with van der Waals surface area (Å²) in [6.45, 7) is 2.05. The van der Waals surface area contributed by atoms with Gasteiger partial charge in [-0.1, -0.05) is 60.7 Å². The van der Waals surface area contributed by atoms with Gasteiger partial charge >= 0.3 is 0 Å². The van der Waals surface area contributed by atoms with Crippen molar-refractivity contribution in [2.24, 2.45) is 5.73 Å². The van der Waals surface area contributed by atoms with Crippen molar-refractivity contribution in [3.05, 3.63) is 83.6 Å². The maximum Gasteiger partial charge on any atom is 0.271 e. The molecule has 0 bridgehead atoms. The highest BCUT2D eigenvalue weighted by atomic mass is 32.2. The number of β-lactam (4-membered cyclic amide) rings is 1. The second-order valence-electron chi connectivity index (χ2n) is 6.92. The average Bonchev–Trinajstić information content (AvgIpc) is 2.70. The largest absolute Gasteiger partial charge is 0.330 e. The molecular formula is C21H21N3O2S. The maximum atomic E-state index is 12.4. The third-order valence-electron chi connectivity index (χ3n) is 5.22. The summed E-state index contributed by atoms with van der Waals surface area (Å²) in [4.78, 5) is 25.0. The summed E-state index contributed by atoms with van der Waals surface area (Å²) in [5, 5.41) is 2.29. The van der Waals surface area contributed by atoms with Crippen molar-refractivity contribution in [3.8, 4) is 0 Å². The first kappa shape index (κ1) is 17.8. The Morgan fingerprint density at radius 2 is 1.67 bits per heavy atom. The lowest BCUT2D eigenvalue weighted by atomic mass is 9.85. The Balaban J connectivity index is 1.75. The number of hydrogen-bond donors (Lipinski definition) is 2. The third kappa shape index (κ3) is 2.85. The van der Waals surface area contributed by atoms with E-state index in [1.165, 1.54) is 11.1 Å². The predicted molar refractivity (Wildman–Crippen MR) is 107 cm³/mol. The van der Waals surface area contributed by atoms with Crippen LogP contribution in [0.15, 0.2) is 72.4 Å². The number of hydrogen-bond acceptors (Lipinski definition) is 4. The Morgan fingerprint density at radius 1 is 1.11 bits per heavy atom. The number of amides is 2. The zero-order valence-corrected chi connectivity index (χ0v) is 15.7. The molecule has 0 aromatic heterocycles. The van der Waals surface area contributed by atoms with E-state index in [1.54, 1.807) is 16.7 Å². The van der Waals surface area contributed by atoms with Gasteiger partial charge in [0.25, 0.3) is 5.91 Å². The Hall–Kier alpha value is -2.57. The normalized spacial score (nSPS) is 26.9. The average molecular weight is 379 g/mol. The fraction of sp³-hybridized carbons (Fsp3) is 0.238. The van der Waals surface area contributed by atoms with E-state index >= 15 is 0 Å². The molecule has 3 N–H and O–H groups in total. The number of carbonyl (C=O) groups excluding carboxylic acids is 2. The van der Waals surface area contributed by atoms with Crippen molar-refractivity contribution >= 4 is 24.1 Å². The number of nitrogens with two attached hydrogens (primary N) is 1. The Morgan fingerprint density at radius 3 is 2.19 bits per heavy atom. The second-order valence-corrected chi connectivity index (χ2v) is 8.15. The third-order valence-corrected chi connectivity index (χ3v) is 7.01. The van der Waals surface area contributed by atoms with Gasteiger partial charge in [0.05, 0.1) is 0 Å². The molecule has 2 aromatic carbocycles. The smallest absolute Gasteiger partial charge is 0.271 e. The van der Waals surface area contributed by atoms with Crippen LogP contribution < -0.4 is 11.1 Å². The summed E-state index contributed by atoms with van der Waals surface area (Å²) in [6.07, 6.45) is 2.38. The van der Waals surface area contributed by atoms with Crippen LogP contribution in [0.5, 0.6) is 0 Å². The lowest BCUT2D eigenvalue weighted by Crippen LogP contribution is -2.82. The van der Waals surface area contributed by atoms with E-state index in [0.717, 1.165) is 5.57 Å². The van der Waals surface area contributed by atoms with Crippen molar-refractivity contribution in [3.63, 3.8) is 0 Å². The zero-order chi connectivity index (χ0) is 19.0. The van der Waals surface area contributed by atoms with Crippen LogP contribution in [0.1, 0.15) is 24.0 Å². The molecule has 2 aliphatic rings. The molecule has 4 rings (SSSR count). The van der Waals surface area contributed by atoms with Gasteiger partial charge < -0.3 is 5.32 Å². The van der Waals surface area contributed by atoms with E-state index in [9.17, 15) is 9.59 Å². The molecule has 1 fully saturated rings. The minimum Gasteiger partial charge on any atom is -0.330 e. The summed E-state index contributed by atoms with van der Waals surface area (Å²) in [5.41, 5.74) is 8.39. The minimum absolute atomic E-state index is 0.0977. The summed E-state index contributed by atoms with van der Waals surface area (Å²) < 4.78 is 0. The number of nitrogens with zero attached hydrogens (tertiary/aromatic N) is 1. The van der Waals surface area contributed by atoms with E-state index in [0.29, 0.717) is 6.41 Å². The highest BCUT2D eigenvalue weighted by molar-refractivity contribution is 8.01. The number of benzene rings is 2. The predicted octanol–water partition coefficient (Wildman–Crippen LogP) is 2.41. The summed E-state index contributed by atoms with van der Waals surface area (Å²) >= 11 is 1.63. The monoisotopic (exact) mass is 379 g/mol. The molecule has 6 heteroatoms. The Kier molecular flexibility index (Phi) is 4.53. The molecule has 3 atom stereocenters. The van der Waals surface area contributed by atoms with Gasteiger partial charge in [0.15, 0.2) is 0 Å². The van der Waals surface area contributed by atoms with Gasteiger partial charge in [0, 0.05) is 17.4 Å². The zero-order valence-electron chi connectivity index (χ0n) is 14.9. The van der Waals surface area contributed by atoms with Crippen LogP contribution in [-0.4, -0.2) is 33.5 Å². The Bertz CT molecular complexity index is 847. The lowest BCUT2D eigenvalue weighted by molar-refractivity contribution is -0.152. The molecule has 0 radical (unpaired) electrons. The molecule has 0 aliphatic carbocycles. The number of carbonyl (C=O) groups is 2. The fourth-order valence-electron chi connectivity index (χ4n) is 3.85. The number of rotatable bonds is 5. The molecule has 27 heavy (non-hydrogen) atoms. The quantitative estimate of drug-likeness (QED) is 0.475. The Labute approximate surface area is 162 Å². The van der Waals surface area contributed by atoms with Crippen LogP contribution in [0.25, 0.3) is 0 Å². The highest BCUT2D eigenvalue weighted by Gasteiger charge is 2.61. The SMILES string of the molecule is CC1=CN2C(=O)[C@](N)(NC=O)[C@H]2SC1C(c1ccccc1)c1ccccc1. The molecule has 1 unspecified atom stereocenters. The van der Waals surface area contributed by atoms with Gasteiger partial charge in [-0.2, -0.15) is 0 Å². The first-order chi connectivity index (χ1) is 13.1. The summed E-state index contributed by atoms with van der Waals surface area (Å²) in [6, 6.07) is 20.7. The topological polar surface area (TPSA) is 75.4 Å². The molecule has 5 nitrogen and oxygen atoms in total. The maximum absolute atomic E-state index is 12.4. The van der Waals surface area contributed by atoms with Gasteiger partial charge in [-0.15, -0.1) is 11.8 Å². The van der Waals surface area contributed by atoms with Crippen LogP contribution in [-0.2, 0) is 9.59 Å². The van der Waals surface area contributed by atoms with Gasteiger partial charge in [-0.25, -0.2) is 0 Å². The van der Waals surface area contributed by atoms with E-state index < -0.39 is 5.66 Å². The fourth-order valence-corrected chi connectivity index (χ4v) is 5.55. The molecule has 2 amide bonds. The van der Waals surface area contributed by atoms with Gasteiger partial charge in [0.1, 0.15) is 5.37 Å². The van der Waals surface area contributed by atoms with E-state index in [1.807, 2.05) is 49.5 Å². The van der Waals surface area contributed by atoms with Crippen LogP contribution >= 0.6 is 11.8 Å². The van der Waals surface area contributed by atoms with Crippen LogP contribution in [0.4, 0.5) is 0 Å². The number of nitrogens with one attached hydrogen (secondary N) is 1. The molecule has 2 aromatic rings. The minimum atomic E-state index is -1.35. The van der Waals surface area contributed by atoms with Gasteiger partial charge in [-0.3, -0.25) is 20.2 Å². The summed E-state index contributed by atoms with van der Waals surface area (Å²) in [7, 11) is 0. The molecule has 0 saturated carbocycles. The number of thioether (sulfide) groups is 1. The molecule has 138 valence electrons. The molecule has 1 saturated heterocycles. The second kappa shape index (κ2) is 6.87. The van der Waals surface area contributed by atoms with E-state index in [2.05, 4.69) is 29.6 Å². The van der Waals surface area contributed by atoms with Crippen molar-refractivity contribution in [2.75, 3.05) is 0 Å². The molecule has 0 spiro atoms. The van der Waals surface area contributed by atoms with E-state index in [4.69, 9.17) is 5.73 Å². The standard InChI is InChI=1S/C21H21N3O2S/c1-14-12-24-19(26)21(22,23-13-25)20(24)27-18(14)17(15-8-4-2-5-9-15)16-10-6-3-7-11-16/h2-13,17-18,20H,22H2,1H3,(H,23,25)/t18?,20-,21+/m1/s1. The molecular weight excluding hydrogens is 358 g/mol. The van der Waals surface area contributed by atoms with Crippen LogP contribution in [0.2, 0.25) is 0 Å². The van der Waals surface area contributed by atoms with E-state index in [-0.39, 0.29) is 22.4 Å². The highest BCUT2D eigenvalue weighted by Crippen LogP contribution is 2.49. The van der Waals surface area contributed by atoms with Gasteiger partial charge in [0.2, 0.25) is 12.1 Å². The van der Waals surface area contributed by atoms with Crippen molar-refractivity contribution < 1.29 is 9.59 Å². The van der Waals surface area contributed by atoms with Crippen molar-refractivity contribution in [1.29, 1.82) is 0 Å². The van der Waals surface area contributed by atoms with Crippen LogP contribution in [0.3, 0.4) is 0 Å². The molecule has 2 heterocycles. The first-order valence-electron chi connectivity index (χ1n) is 8.83. The molecule has 2 aliphatic heterocycles. The number of fused-ring (bicyclic) bond motifs is 1. The first-order valence-corrected chi connectivity index (χ1v) is 9.77. The van der Waals surface area contributed by atoms with Crippen LogP contribution in [0, 0.1) is 0 Å². The van der Waals surface area contributed by atoms with Crippen molar-refractivity contribution in [1.82, 2.24) is 10.2 Å². The lowest BCUT2D eigenvalue weighted by Gasteiger charge is -2.55. The van der Waals surface area contributed by atoms with Crippen molar-refractivity contribution in [2.45, 2.75) is 29.1 Å².